The summed E-state index contributed by atoms with van der Waals surface area (Å²) in [4.78, 5) is 16.0. The van der Waals surface area contributed by atoms with Crippen molar-refractivity contribution < 1.29 is 9.32 Å². The Morgan fingerprint density at radius 1 is 1.43 bits per heavy atom. The molecule has 2 aromatic heterocycles. The van der Waals surface area contributed by atoms with Crippen LogP contribution >= 0.6 is 11.3 Å². The van der Waals surface area contributed by atoms with Crippen molar-refractivity contribution in [2.24, 2.45) is 0 Å². The molecule has 1 N–H and O–H groups in total. The van der Waals surface area contributed by atoms with Crippen LogP contribution in [0.15, 0.2) is 22.0 Å². The van der Waals surface area contributed by atoms with Gasteiger partial charge in [0.25, 0.3) is 5.91 Å². The molecule has 2 aromatic rings. The highest BCUT2D eigenvalue weighted by Crippen LogP contribution is 2.27. The summed E-state index contributed by atoms with van der Waals surface area (Å²) in [5.41, 5.74) is 1.02. The van der Waals surface area contributed by atoms with Crippen LogP contribution in [0, 0.1) is 6.92 Å². The van der Waals surface area contributed by atoms with Gasteiger partial charge in [0.2, 0.25) is 0 Å². The number of rotatable bonds is 5. The van der Waals surface area contributed by atoms with Gasteiger partial charge in [-0.15, -0.1) is 11.3 Å². The Bertz CT molecular complexity index is 654. The van der Waals surface area contributed by atoms with Gasteiger partial charge in [-0.1, -0.05) is 32.0 Å². The quantitative estimate of drug-likeness (QED) is 0.910. The Morgan fingerprint density at radius 3 is 2.65 bits per heavy atom. The van der Waals surface area contributed by atoms with Crippen LogP contribution in [0.1, 0.15) is 53.5 Å². The number of nitrogens with one attached hydrogen (secondary N) is 1. The molecule has 2 heterocycles. The molecule has 5 nitrogen and oxygen atoms in total. The fraction of sp³-hybridized carbons (Fsp3) is 0.529. The molecule has 0 saturated carbocycles. The molecule has 0 spiro atoms. The molecule has 6 heteroatoms. The Kier molecular flexibility index (Phi) is 5.26. The first kappa shape index (κ1) is 17.7. The van der Waals surface area contributed by atoms with Crippen LogP contribution in [0.25, 0.3) is 0 Å². The molecule has 0 aliphatic carbocycles. The third-order valence-corrected chi connectivity index (χ3v) is 4.72. The first-order valence-corrected chi connectivity index (χ1v) is 8.54. The Hall–Kier alpha value is -1.66. The SMILES string of the molecule is Cc1onc(C(C)(C)C)c1C(=O)NCC(c1cccs1)N(C)C. The lowest BCUT2D eigenvalue weighted by Crippen LogP contribution is -2.35. The summed E-state index contributed by atoms with van der Waals surface area (Å²) in [6.45, 7) is 8.39. The van der Waals surface area contributed by atoms with E-state index in [0.717, 1.165) is 0 Å². The van der Waals surface area contributed by atoms with E-state index in [9.17, 15) is 4.79 Å². The normalized spacial score (nSPS) is 13.3. The number of nitrogens with zero attached hydrogens (tertiary/aromatic N) is 2. The van der Waals surface area contributed by atoms with Crippen LogP contribution in [-0.4, -0.2) is 36.6 Å². The van der Waals surface area contributed by atoms with Gasteiger partial charge in [-0.05, 0) is 32.5 Å². The van der Waals surface area contributed by atoms with Crippen LogP contribution in [0.5, 0.6) is 0 Å². The Balaban J connectivity index is 2.15. The fourth-order valence-corrected chi connectivity index (χ4v) is 3.37. The van der Waals surface area contributed by atoms with Gasteiger partial charge < -0.3 is 14.7 Å². The molecule has 0 aliphatic heterocycles. The van der Waals surface area contributed by atoms with Crippen LogP contribution in [0.2, 0.25) is 0 Å². The molecule has 0 aromatic carbocycles. The third-order valence-electron chi connectivity index (χ3n) is 3.75. The zero-order valence-corrected chi connectivity index (χ0v) is 15.5. The average molecular weight is 335 g/mol. The predicted octanol–water partition coefficient (Wildman–Crippen LogP) is 3.37. The second kappa shape index (κ2) is 6.84. The maximum Gasteiger partial charge on any atom is 0.256 e. The van der Waals surface area contributed by atoms with E-state index in [4.69, 9.17) is 4.52 Å². The number of likely N-dealkylation sites (N-methyl/N-ethyl adjacent to an activating group) is 1. The monoisotopic (exact) mass is 335 g/mol. The zero-order chi connectivity index (χ0) is 17.2. The first-order valence-electron chi connectivity index (χ1n) is 7.66. The number of aryl methyl sites for hydroxylation is 1. The van der Waals surface area contributed by atoms with E-state index in [0.29, 0.717) is 23.6 Å². The molecule has 1 atom stereocenters. The molecular formula is C17H25N3O2S. The van der Waals surface area contributed by atoms with Crippen molar-refractivity contribution in [3.8, 4) is 0 Å². The lowest BCUT2D eigenvalue weighted by atomic mass is 9.88. The van der Waals surface area contributed by atoms with Crippen molar-refractivity contribution in [3.63, 3.8) is 0 Å². The minimum absolute atomic E-state index is 0.128. The van der Waals surface area contributed by atoms with E-state index in [1.165, 1.54) is 4.88 Å². The topological polar surface area (TPSA) is 58.4 Å². The predicted molar refractivity (Wildman–Crippen MR) is 93.0 cm³/mol. The minimum atomic E-state index is -0.237. The van der Waals surface area contributed by atoms with Crippen LogP contribution < -0.4 is 5.32 Å². The largest absolute Gasteiger partial charge is 0.361 e. The highest BCUT2D eigenvalue weighted by Gasteiger charge is 2.29. The molecular weight excluding hydrogens is 310 g/mol. The summed E-state index contributed by atoms with van der Waals surface area (Å²) in [5.74, 6) is 0.432. The first-order chi connectivity index (χ1) is 10.7. The second-order valence-electron chi connectivity index (χ2n) is 6.92. The molecule has 1 amide bonds. The van der Waals surface area contributed by atoms with E-state index in [1.807, 2.05) is 40.9 Å². The fourth-order valence-electron chi connectivity index (χ4n) is 2.45. The number of aromatic nitrogens is 1. The van der Waals surface area contributed by atoms with Gasteiger partial charge in [-0.2, -0.15) is 0 Å². The van der Waals surface area contributed by atoms with Gasteiger partial charge >= 0.3 is 0 Å². The summed E-state index contributed by atoms with van der Waals surface area (Å²) >= 11 is 1.70. The molecule has 1 unspecified atom stereocenters. The number of carbonyl (C=O) groups excluding carboxylic acids is 1. The summed E-state index contributed by atoms with van der Waals surface area (Å²) in [6, 6.07) is 4.27. The van der Waals surface area contributed by atoms with Gasteiger partial charge in [-0.3, -0.25) is 4.79 Å². The lowest BCUT2D eigenvalue weighted by molar-refractivity contribution is 0.0939. The number of hydrogen-bond acceptors (Lipinski definition) is 5. The maximum atomic E-state index is 12.7. The standard InChI is InChI=1S/C17H25N3O2S/c1-11-14(15(19-22-11)17(2,3)4)16(21)18-10-12(20(5)6)13-8-7-9-23-13/h7-9,12H,10H2,1-6H3,(H,18,21). The summed E-state index contributed by atoms with van der Waals surface area (Å²) < 4.78 is 5.25. The van der Waals surface area contributed by atoms with Gasteiger partial charge in [-0.25, -0.2) is 0 Å². The van der Waals surface area contributed by atoms with Crippen molar-refractivity contribution in [2.75, 3.05) is 20.6 Å². The molecule has 0 fully saturated rings. The molecule has 0 bridgehead atoms. The highest BCUT2D eigenvalue weighted by molar-refractivity contribution is 7.10. The van der Waals surface area contributed by atoms with Crippen molar-refractivity contribution in [1.29, 1.82) is 0 Å². The summed E-state index contributed by atoms with van der Waals surface area (Å²) in [7, 11) is 4.03. The third kappa shape index (κ3) is 4.00. The zero-order valence-electron chi connectivity index (χ0n) is 14.6. The van der Waals surface area contributed by atoms with Gasteiger partial charge in [0.05, 0.1) is 6.04 Å². The van der Waals surface area contributed by atoms with E-state index >= 15 is 0 Å². The summed E-state index contributed by atoms with van der Waals surface area (Å²) in [5, 5.41) is 9.16. The second-order valence-corrected chi connectivity index (χ2v) is 7.90. The van der Waals surface area contributed by atoms with Crippen LogP contribution in [0.3, 0.4) is 0 Å². The number of hydrogen-bond donors (Lipinski definition) is 1. The number of thiophene rings is 1. The van der Waals surface area contributed by atoms with Crippen molar-refractivity contribution in [3.05, 3.63) is 39.4 Å². The maximum absolute atomic E-state index is 12.7. The van der Waals surface area contributed by atoms with Crippen LogP contribution in [-0.2, 0) is 5.41 Å². The van der Waals surface area contributed by atoms with Crippen LogP contribution in [0.4, 0.5) is 0 Å². The highest BCUT2D eigenvalue weighted by atomic mass is 32.1. The van der Waals surface area contributed by atoms with E-state index in [2.05, 4.69) is 26.8 Å². The summed E-state index contributed by atoms with van der Waals surface area (Å²) in [6.07, 6.45) is 0. The smallest absolute Gasteiger partial charge is 0.256 e. The van der Waals surface area contributed by atoms with E-state index in [1.54, 1.807) is 18.3 Å². The van der Waals surface area contributed by atoms with Gasteiger partial charge in [0.15, 0.2) is 0 Å². The Labute approximate surface area is 141 Å². The van der Waals surface area contributed by atoms with Crippen molar-refractivity contribution in [2.45, 2.75) is 39.2 Å². The molecule has 0 aliphatic rings. The van der Waals surface area contributed by atoms with E-state index < -0.39 is 0 Å². The molecule has 126 valence electrons. The van der Waals surface area contributed by atoms with E-state index in [-0.39, 0.29) is 17.4 Å². The average Bonchev–Trinajstić information content (AvgIpc) is 3.07. The lowest BCUT2D eigenvalue weighted by Gasteiger charge is -2.24. The molecule has 0 radical (unpaired) electrons. The van der Waals surface area contributed by atoms with Gasteiger partial charge in [0, 0.05) is 16.8 Å². The van der Waals surface area contributed by atoms with Crippen molar-refractivity contribution >= 4 is 17.2 Å². The molecule has 0 saturated heterocycles. The van der Waals surface area contributed by atoms with Gasteiger partial charge in [0.1, 0.15) is 17.0 Å². The molecule has 2 rings (SSSR count). The van der Waals surface area contributed by atoms with Crippen molar-refractivity contribution in [1.82, 2.24) is 15.4 Å². The minimum Gasteiger partial charge on any atom is -0.361 e. The molecule has 23 heavy (non-hydrogen) atoms. The number of amides is 1. The number of carbonyl (C=O) groups is 1. The Morgan fingerprint density at radius 2 is 2.13 bits per heavy atom.